The van der Waals surface area contributed by atoms with Crippen molar-refractivity contribution in [1.29, 1.82) is 0 Å². The summed E-state index contributed by atoms with van der Waals surface area (Å²) in [4.78, 5) is 54.3. The highest BCUT2D eigenvalue weighted by Crippen LogP contribution is 2.45. The number of hydrogen-bond acceptors (Lipinski definition) is 8. The summed E-state index contributed by atoms with van der Waals surface area (Å²) in [7, 11) is 0. The first-order chi connectivity index (χ1) is 21.3. The zero-order valence-corrected chi connectivity index (χ0v) is 26.7. The summed E-state index contributed by atoms with van der Waals surface area (Å²) in [5, 5.41) is 17.6. The van der Waals surface area contributed by atoms with Gasteiger partial charge < -0.3 is 15.3 Å². The summed E-state index contributed by atoms with van der Waals surface area (Å²) in [6.45, 7) is 8.17. The van der Waals surface area contributed by atoms with Gasteiger partial charge in [-0.3, -0.25) is 19.1 Å². The van der Waals surface area contributed by atoms with E-state index < -0.39 is 35.3 Å². The number of aliphatic hydroxyl groups excluding tert-OH is 1. The van der Waals surface area contributed by atoms with Gasteiger partial charge in [-0.15, -0.1) is 0 Å². The number of halogens is 2. The molecule has 45 heavy (non-hydrogen) atoms. The molecule has 0 spiro atoms. The van der Waals surface area contributed by atoms with Crippen molar-refractivity contribution in [3.8, 4) is 23.0 Å². The van der Waals surface area contributed by atoms with E-state index in [9.17, 15) is 23.9 Å². The maximum Gasteiger partial charge on any atom is 0.248 e. The number of aromatic nitrogens is 5. The van der Waals surface area contributed by atoms with Crippen molar-refractivity contribution < 1.29 is 23.9 Å². The molecule has 3 aromatic heterocycles. The van der Waals surface area contributed by atoms with Gasteiger partial charge in [0.2, 0.25) is 11.8 Å². The predicted octanol–water partition coefficient (Wildman–Crippen LogP) is 4.29. The number of fused-ring (bicyclic) bond motifs is 2. The Morgan fingerprint density at radius 2 is 1.89 bits per heavy atom. The fourth-order valence-corrected chi connectivity index (χ4v) is 6.30. The third-order valence-corrected chi connectivity index (χ3v) is 8.87. The minimum absolute atomic E-state index is 0.0345. The molecule has 230 valence electrons. The number of benzene rings is 1. The third-order valence-electron chi connectivity index (χ3n) is 8.32. The van der Waals surface area contributed by atoms with Gasteiger partial charge in [-0.2, -0.15) is 5.10 Å². The first-order valence-corrected chi connectivity index (χ1v) is 15.1. The molecule has 0 radical (unpaired) electrons. The van der Waals surface area contributed by atoms with Gasteiger partial charge >= 0.3 is 0 Å². The average Bonchev–Trinajstić information content (AvgIpc) is 3.44. The predicted molar refractivity (Wildman–Crippen MR) is 166 cm³/mol. The zero-order valence-electron chi connectivity index (χ0n) is 25.1. The van der Waals surface area contributed by atoms with Crippen molar-refractivity contribution in [2.75, 3.05) is 5.32 Å². The third kappa shape index (κ3) is 5.27. The summed E-state index contributed by atoms with van der Waals surface area (Å²) in [5.74, 6) is 4.97. The fraction of sp³-hybridized carbons (Fsp3) is 0.344. The van der Waals surface area contributed by atoms with Gasteiger partial charge in [-0.05, 0) is 84.9 Å². The number of aryl methyl sites for hydroxylation is 2. The SMILES string of the molecule is CC(=O)c1nn(CC(=O)N2[C@H](C(=O)Nc3nc(Br)c(F)cc3C)C[C@@]3(C)C#C[C@@H]23)c2c(C)cc(-c3cnc(C(C)O)nc3)cc12. The number of amides is 2. The number of likely N-dealkylation sites (tertiary alicyclic amines) is 1. The number of nitrogens with one attached hydrogen (secondary N) is 1. The molecule has 6 rings (SSSR count). The Kier molecular flexibility index (Phi) is 7.53. The minimum atomic E-state index is -0.869. The summed E-state index contributed by atoms with van der Waals surface area (Å²) in [6, 6.07) is 3.63. The first-order valence-electron chi connectivity index (χ1n) is 14.3. The molecule has 1 unspecified atom stereocenters. The van der Waals surface area contributed by atoms with E-state index >= 15 is 0 Å². The van der Waals surface area contributed by atoms with Crippen LogP contribution in [-0.4, -0.2) is 64.4 Å². The molecule has 4 heterocycles. The fourth-order valence-electron chi connectivity index (χ4n) is 6.00. The number of carbonyl (C=O) groups excluding carboxylic acids is 3. The Morgan fingerprint density at radius 3 is 2.51 bits per heavy atom. The van der Waals surface area contributed by atoms with Gasteiger partial charge in [0.05, 0.1) is 10.9 Å². The minimum Gasteiger partial charge on any atom is -0.385 e. The van der Waals surface area contributed by atoms with E-state index in [2.05, 4.69) is 53.1 Å². The quantitative estimate of drug-likeness (QED) is 0.168. The van der Waals surface area contributed by atoms with Crippen LogP contribution in [0.5, 0.6) is 0 Å². The van der Waals surface area contributed by atoms with Crippen LogP contribution in [-0.2, 0) is 16.1 Å². The molecule has 4 atom stereocenters. The van der Waals surface area contributed by atoms with Gasteiger partial charge in [0.1, 0.15) is 40.8 Å². The van der Waals surface area contributed by atoms with E-state index in [1.807, 2.05) is 26.0 Å². The number of carbonyl (C=O) groups is 3. The molecule has 1 aliphatic heterocycles. The monoisotopic (exact) mass is 673 g/mol. The van der Waals surface area contributed by atoms with Crippen LogP contribution in [0.3, 0.4) is 0 Å². The number of aliphatic hydroxyl groups is 1. The molecule has 1 fully saturated rings. The van der Waals surface area contributed by atoms with E-state index in [0.717, 1.165) is 11.1 Å². The lowest BCUT2D eigenvalue weighted by atomic mass is 9.76. The molecule has 1 saturated heterocycles. The Morgan fingerprint density at radius 1 is 1.18 bits per heavy atom. The lowest BCUT2D eigenvalue weighted by Crippen LogP contribution is -2.50. The average molecular weight is 675 g/mol. The van der Waals surface area contributed by atoms with Crippen LogP contribution in [0.15, 0.2) is 35.2 Å². The first kappa shape index (κ1) is 30.5. The highest BCUT2D eigenvalue weighted by Gasteiger charge is 2.56. The van der Waals surface area contributed by atoms with Crippen molar-refractivity contribution in [2.45, 2.75) is 65.8 Å². The van der Waals surface area contributed by atoms with Gasteiger partial charge in [-0.1, -0.05) is 11.8 Å². The van der Waals surface area contributed by atoms with Crippen molar-refractivity contribution in [3.63, 3.8) is 0 Å². The second-order valence-electron chi connectivity index (χ2n) is 11.8. The highest BCUT2D eigenvalue weighted by molar-refractivity contribution is 9.10. The zero-order chi connectivity index (χ0) is 32.4. The van der Waals surface area contributed by atoms with Crippen molar-refractivity contribution in [1.82, 2.24) is 29.6 Å². The molecule has 2 amide bonds. The van der Waals surface area contributed by atoms with E-state index in [4.69, 9.17) is 0 Å². The van der Waals surface area contributed by atoms with Crippen LogP contribution in [0, 0.1) is 36.9 Å². The van der Waals surface area contributed by atoms with E-state index in [1.165, 1.54) is 22.6 Å². The molecule has 0 bridgehead atoms. The van der Waals surface area contributed by atoms with Crippen LogP contribution in [0.2, 0.25) is 0 Å². The number of hydrogen-bond donors (Lipinski definition) is 2. The molecule has 2 aliphatic rings. The Balaban J connectivity index is 1.33. The molecule has 11 nitrogen and oxygen atoms in total. The second-order valence-corrected chi connectivity index (χ2v) is 12.5. The van der Waals surface area contributed by atoms with E-state index in [1.54, 1.807) is 26.2 Å². The normalized spacial score (nSPS) is 20.7. The smallest absolute Gasteiger partial charge is 0.248 e. The lowest BCUT2D eigenvalue weighted by Gasteiger charge is -2.34. The summed E-state index contributed by atoms with van der Waals surface area (Å²) in [6.07, 6.45) is 2.72. The number of anilines is 1. The number of ketones is 1. The number of pyridine rings is 1. The number of nitrogens with zero attached hydrogens (tertiary/aromatic N) is 6. The van der Waals surface area contributed by atoms with Crippen LogP contribution in [0.4, 0.5) is 10.2 Å². The number of rotatable bonds is 7. The Labute approximate surface area is 266 Å². The molecule has 2 N–H and O–H groups in total. The summed E-state index contributed by atoms with van der Waals surface area (Å²) < 4.78 is 15.4. The highest BCUT2D eigenvalue weighted by atomic mass is 79.9. The summed E-state index contributed by atoms with van der Waals surface area (Å²) in [5.41, 5.74) is 2.89. The molecule has 4 aromatic rings. The molecular formula is C32H29BrFN7O4. The molecule has 1 aliphatic carbocycles. The lowest BCUT2D eigenvalue weighted by molar-refractivity contribution is -0.138. The van der Waals surface area contributed by atoms with Crippen molar-refractivity contribution in [2.24, 2.45) is 5.41 Å². The van der Waals surface area contributed by atoms with Gasteiger partial charge in [0.15, 0.2) is 17.4 Å². The maximum absolute atomic E-state index is 14.0. The van der Waals surface area contributed by atoms with E-state index in [-0.39, 0.29) is 34.4 Å². The van der Waals surface area contributed by atoms with Crippen LogP contribution < -0.4 is 5.32 Å². The van der Waals surface area contributed by atoms with Crippen LogP contribution in [0.25, 0.3) is 22.0 Å². The van der Waals surface area contributed by atoms with Gasteiger partial charge in [-0.25, -0.2) is 19.3 Å². The topological polar surface area (TPSA) is 143 Å². The molecule has 1 aromatic carbocycles. The molecule has 13 heteroatoms. The van der Waals surface area contributed by atoms with Crippen molar-refractivity contribution >= 4 is 50.2 Å². The summed E-state index contributed by atoms with van der Waals surface area (Å²) >= 11 is 3.06. The maximum atomic E-state index is 14.0. The van der Waals surface area contributed by atoms with Gasteiger partial charge in [0.25, 0.3) is 0 Å². The standard InChI is InChI=1S/C32H29BrFN7O4/c1-15-8-19(20-12-35-30(18(4)43)36-13-20)10-21-26(17(3)42)39-40(27(15)21)14-25(44)41-23(11-32(5)7-6-24(32)41)31(45)38-29-16(2)9-22(34)28(33)37-29/h8-10,12-13,18,23-24,43H,11,14H2,1-5H3,(H,37,38,45)/t18?,23-,24+,32+/m0/s1. The number of Topliss-reactive ketones (excluding diaryl/α,β-unsaturated/α-hetero) is 1. The van der Waals surface area contributed by atoms with Crippen molar-refractivity contribution in [3.05, 3.63) is 63.7 Å². The van der Waals surface area contributed by atoms with Gasteiger partial charge in [0, 0.05) is 30.3 Å². The molecular weight excluding hydrogens is 645 g/mol. The second kappa shape index (κ2) is 11.1. The van der Waals surface area contributed by atoms with E-state index in [0.29, 0.717) is 34.3 Å². The van der Waals surface area contributed by atoms with Crippen LogP contribution >= 0.6 is 15.9 Å². The molecule has 0 saturated carbocycles. The Bertz CT molecular complexity index is 1980. The largest absolute Gasteiger partial charge is 0.385 e. The van der Waals surface area contributed by atoms with Crippen LogP contribution in [0.1, 0.15) is 60.7 Å². The Hall–Kier alpha value is -4.54.